The van der Waals surface area contributed by atoms with E-state index in [0.717, 1.165) is 18.4 Å². The number of hydrogen-bond donors (Lipinski definition) is 1. The lowest BCUT2D eigenvalue weighted by atomic mass is 10.1. The Kier molecular flexibility index (Phi) is 4.66. The first-order chi connectivity index (χ1) is 8.95. The number of sulfonamides is 1. The Balaban J connectivity index is 2.31. The first-order valence-corrected chi connectivity index (χ1v) is 8.62. The van der Waals surface area contributed by atoms with E-state index in [9.17, 15) is 8.42 Å². The van der Waals surface area contributed by atoms with E-state index < -0.39 is 10.0 Å². The van der Waals surface area contributed by atoms with Gasteiger partial charge in [0.05, 0.1) is 4.90 Å². The van der Waals surface area contributed by atoms with Gasteiger partial charge in [-0.2, -0.15) is 4.31 Å². The van der Waals surface area contributed by atoms with Gasteiger partial charge < -0.3 is 5.32 Å². The molecule has 0 spiro atoms. The van der Waals surface area contributed by atoms with Gasteiger partial charge in [-0.1, -0.05) is 6.07 Å². The van der Waals surface area contributed by atoms with Gasteiger partial charge in [-0.05, 0) is 60.4 Å². The van der Waals surface area contributed by atoms with E-state index in [0.29, 0.717) is 22.5 Å². The van der Waals surface area contributed by atoms with E-state index >= 15 is 0 Å². The third-order valence-electron chi connectivity index (χ3n) is 3.50. The van der Waals surface area contributed by atoms with Gasteiger partial charge in [-0.25, -0.2) is 8.42 Å². The van der Waals surface area contributed by atoms with Gasteiger partial charge in [0.15, 0.2) is 0 Å². The maximum absolute atomic E-state index is 12.6. The lowest BCUT2D eigenvalue weighted by molar-refractivity contribution is 0.292. The normalized spacial score (nSPS) is 21.5. The first-order valence-electron chi connectivity index (χ1n) is 6.38. The summed E-state index contributed by atoms with van der Waals surface area (Å²) >= 11 is 3.36. The second-order valence-electron chi connectivity index (χ2n) is 4.92. The molecule has 1 heterocycles. The lowest BCUT2D eigenvalue weighted by Crippen LogP contribution is -2.46. The third-order valence-corrected chi connectivity index (χ3v) is 6.34. The fraction of sp³-hybridized carbons (Fsp3) is 0.538. The zero-order valence-corrected chi connectivity index (χ0v) is 13.6. The molecule has 0 aromatic heterocycles. The van der Waals surface area contributed by atoms with Crippen LogP contribution in [0.5, 0.6) is 0 Å². The third kappa shape index (κ3) is 3.18. The fourth-order valence-corrected chi connectivity index (χ4v) is 5.03. The number of piperidine rings is 1. The van der Waals surface area contributed by atoms with Crippen molar-refractivity contribution < 1.29 is 8.42 Å². The Morgan fingerprint density at radius 2 is 2.16 bits per heavy atom. The predicted molar refractivity (Wildman–Crippen MR) is 79.7 cm³/mol. The molecule has 0 unspecified atom stereocenters. The van der Waals surface area contributed by atoms with Crippen molar-refractivity contribution in [2.45, 2.75) is 30.7 Å². The summed E-state index contributed by atoms with van der Waals surface area (Å²) in [5.41, 5.74) is 1.04. The topological polar surface area (TPSA) is 49.4 Å². The van der Waals surface area contributed by atoms with Gasteiger partial charge in [0.1, 0.15) is 0 Å². The molecule has 1 fully saturated rings. The number of hydrogen-bond acceptors (Lipinski definition) is 3. The van der Waals surface area contributed by atoms with Gasteiger partial charge in [0.25, 0.3) is 0 Å². The summed E-state index contributed by atoms with van der Waals surface area (Å²) in [6, 6.07) is 5.59. The largest absolute Gasteiger partial charge is 0.316 e. The number of likely N-dealkylation sites (N-methyl/N-ethyl adjacent to an activating group) is 1. The SMILES string of the molecule is CN[C@@H]1CCCN(S(=O)(=O)c2ccc(C)cc2Br)C1. The van der Waals surface area contributed by atoms with Crippen LogP contribution in [0.15, 0.2) is 27.6 Å². The van der Waals surface area contributed by atoms with Crippen LogP contribution in [-0.4, -0.2) is 38.9 Å². The minimum atomic E-state index is -3.41. The molecule has 1 aliphatic heterocycles. The van der Waals surface area contributed by atoms with Crippen molar-refractivity contribution in [2.24, 2.45) is 0 Å². The van der Waals surface area contributed by atoms with Crippen LogP contribution in [0.4, 0.5) is 0 Å². The maximum atomic E-state index is 12.6. The van der Waals surface area contributed by atoms with Crippen molar-refractivity contribution in [1.82, 2.24) is 9.62 Å². The molecule has 0 aliphatic carbocycles. The number of nitrogens with one attached hydrogen (secondary N) is 1. The maximum Gasteiger partial charge on any atom is 0.244 e. The summed E-state index contributed by atoms with van der Waals surface area (Å²) in [4.78, 5) is 0.356. The van der Waals surface area contributed by atoms with Gasteiger partial charge in [-0.15, -0.1) is 0 Å². The monoisotopic (exact) mass is 346 g/mol. The van der Waals surface area contributed by atoms with Crippen LogP contribution in [0.2, 0.25) is 0 Å². The van der Waals surface area contributed by atoms with Crippen LogP contribution in [-0.2, 0) is 10.0 Å². The van der Waals surface area contributed by atoms with Crippen LogP contribution >= 0.6 is 15.9 Å². The molecule has 1 aromatic carbocycles. The molecule has 1 aromatic rings. The molecule has 0 amide bonds. The molecule has 6 heteroatoms. The highest BCUT2D eigenvalue weighted by Crippen LogP contribution is 2.27. The first kappa shape index (κ1) is 15.0. The molecule has 0 radical (unpaired) electrons. The average molecular weight is 347 g/mol. The Labute approximate surface area is 123 Å². The summed E-state index contributed by atoms with van der Waals surface area (Å²) in [7, 11) is -1.53. The van der Waals surface area contributed by atoms with E-state index in [4.69, 9.17) is 0 Å². The van der Waals surface area contributed by atoms with Gasteiger partial charge >= 0.3 is 0 Å². The molecular weight excluding hydrogens is 328 g/mol. The quantitative estimate of drug-likeness (QED) is 0.911. The average Bonchev–Trinajstić information content (AvgIpc) is 2.38. The van der Waals surface area contributed by atoms with E-state index in [1.54, 1.807) is 10.4 Å². The zero-order chi connectivity index (χ0) is 14.0. The van der Waals surface area contributed by atoms with E-state index in [1.807, 2.05) is 26.1 Å². The second kappa shape index (κ2) is 5.91. The van der Waals surface area contributed by atoms with Crippen molar-refractivity contribution >= 4 is 26.0 Å². The van der Waals surface area contributed by atoms with E-state index in [1.165, 1.54) is 0 Å². The molecule has 106 valence electrons. The lowest BCUT2D eigenvalue weighted by Gasteiger charge is -2.31. The van der Waals surface area contributed by atoms with Crippen LogP contribution < -0.4 is 5.32 Å². The van der Waals surface area contributed by atoms with Gasteiger partial charge in [-0.3, -0.25) is 0 Å². The van der Waals surface area contributed by atoms with Crippen LogP contribution in [0.25, 0.3) is 0 Å². The molecule has 1 N–H and O–H groups in total. The van der Waals surface area contributed by atoms with Crippen molar-refractivity contribution in [2.75, 3.05) is 20.1 Å². The summed E-state index contributed by atoms with van der Waals surface area (Å²) in [5.74, 6) is 0. The number of halogens is 1. The summed E-state index contributed by atoms with van der Waals surface area (Å²) < 4.78 is 27.5. The Morgan fingerprint density at radius 1 is 1.42 bits per heavy atom. The number of benzene rings is 1. The summed E-state index contributed by atoms with van der Waals surface area (Å²) in [5, 5.41) is 3.16. The van der Waals surface area contributed by atoms with Crippen LogP contribution in [0.1, 0.15) is 18.4 Å². The molecule has 4 nitrogen and oxygen atoms in total. The Morgan fingerprint density at radius 3 is 2.79 bits per heavy atom. The second-order valence-corrected chi connectivity index (χ2v) is 7.69. The molecule has 2 rings (SSSR count). The molecule has 1 aliphatic rings. The summed E-state index contributed by atoms with van der Waals surface area (Å²) in [6.45, 7) is 3.08. The van der Waals surface area contributed by atoms with Gasteiger partial charge in [0.2, 0.25) is 10.0 Å². The van der Waals surface area contributed by atoms with Crippen molar-refractivity contribution in [3.8, 4) is 0 Å². The Hall–Kier alpha value is -0.430. The standard InChI is InChI=1S/C13H19BrN2O2S/c1-10-5-6-13(12(14)8-10)19(17,18)16-7-3-4-11(9-16)15-2/h5-6,8,11,15H,3-4,7,9H2,1-2H3/t11-/m1/s1. The molecule has 19 heavy (non-hydrogen) atoms. The van der Waals surface area contributed by atoms with Crippen molar-refractivity contribution in [3.05, 3.63) is 28.2 Å². The molecular formula is C13H19BrN2O2S. The Bertz CT molecular complexity index is 560. The highest BCUT2D eigenvalue weighted by molar-refractivity contribution is 9.10. The smallest absolute Gasteiger partial charge is 0.244 e. The van der Waals surface area contributed by atoms with E-state index in [-0.39, 0.29) is 6.04 Å². The molecule has 1 saturated heterocycles. The molecule has 0 saturated carbocycles. The zero-order valence-electron chi connectivity index (χ0n) is 11.2. The fourth-order valence-electron chi connectivity index (χ4n) is 2.35. The predicted octanol–water partition coefficient (Wildman–Crippen LogP) is 2.13. The van der Waals surface area contributed by atoms with Crippen molar-refractivity contribution in [1.29, 1.82) is 0 Å². The number of aryl methyl sites for hydroxylation is 1. The number of nitrogens with zero attached hydrogens (tertiary/aromatic N) is 1. The minimum absolute atomic E-state index is 0.243. The summed E-state index contributed by atoms with van der Waals surface area (Å²) in [6.07, 6.45) is 1.92. The minimum Gasteiger partial charge on any atom is -0.316 e. The molecule has 0 bridgehead atoms. The van der Waals surface area contributed by atoms with E-state index in [2.05, 4.69) is 21.2 Å². The number of rotatable bonds is 3. The van der Waals surface area contributed by atoms with Gasteiger partial charge in [0, 0.05) is 23.6 Å². The van der Waals surface area contributed by atoms with Crippen molar-refractivity contribution in [3.63, 3.8) is 0 Å². The van der Waals surface area contributed by atoms with Crippen LogP contribution in [0, 0.1) is 6.92 Å². The highest BCUT2D eigenvalue weighted by atomic mass is 79.9. The highest BCUT2D eigenvalue weighted by Gasteiger charge is 2.30. The van der Waals surface area contributed by atoms with Crippen LogP contribution in [0.3, 0.4) is 0 Å². The molecule has 1 atom stereocenters.